The average molecular weight is 340 g/mol. The van der Waals surface area contributed by atoms with Crippen molar-refractivity contribution in [2.24, 2.45) is 0 Å². The molecule has 1 aliphatic heterocycles. The van der Waals surface area contributed by atoms with Gasteiger partial charge in [0.2, 0.25) is 17.7 Å². The van der Waals surface area contributed by atoms with Crippen molar-refractivity contribution in [3.63, 3.8) is 0 Å². The van der Waals surface area contributed by atoms with Crippen LogP contribution in [0.2, 0.25) is 0 Å². The van der Waals surface area contributed by atoms with Crippen molar-refractivity contribution in [1.29, 1.82) is 0 Å². The van der Waals surface area contributed by atoms with Crippen LogP contribution in [0, 0.1) is 6.92 Å². The number of nitrogens with zero attached hydrogens (tertiary/aromatic N) is 3. The second-order valence-corrected chi connectivity index (χ2v) is 6.22. The lowest BCUT2D eigenvalue weighted by Gasteiger charge is -2.31. The van der Waals surface area contributed by atoms with Crippen LogP contribution in [-0.4, -0.2) is 45.7 Å². The molecule has 2 aromatic heterocycles. The summed E-state index contributed by atoms with van der Waals surface area (Å²) >= 11 is 0. The molecule has 1 unspecified atom stereocenters. The van der Waals surface area contributed by atoms with Gasteiger partial charge in [-0.3, -0.25) is 4.79 Å². The standard InChI is InChI=1S/C18H20N4O3/c1-12-20-21-18(25-12)16-11-22(8-9-24-16)17(23)7-6-13-10-19-15-5-3-2-4-14(13)15/h2-5,10,16,19H,6-9,11H2,1H3. The molecule has 7 nitrogen and oxygen atoms in total. The maximum atomic E-state index is 12.6. The number of aryl methyl sites for hydroxylation is 2. The zero-order valence-electron chi connectivity index (χ0n) is 14.1. The number of morpholine rings is 1. The molecule has 130 valence electrons. The van der Waals surface area contributed by atoms with Gasteiger partial charge in [0.25, 0.3) is 0 Å². The number of aromatic amines is 1. The number of nitrogens with one attached hydrogen (secondary N) is 1. The Balaban J connectivity index is 1.39. The molecule has 3 heterocycles. The monoisotopic (exact) mass is 340 g/mol. The first kappa shape index (κ1) is 15.8. The third kappa shape index (κ3) is 3.28. The summed E-state index contributed by atoms with van der Waals surface area (Å²) in [7, 11) is 0. The summed E-state index contributed by atoms with van der Waals surface area (Å²) in [5, 5.41) is 9.00. The predicted octanol–water partition coefficient (Wildman–Crippen LogP) is 2.39. The molecule has 1 aliphatic rings. The van der Waals surface area contributed by atoms with E-state index < -0.39 is 0 Å². The van der Waals surface area contributed by atoms with Crippen LogP contribution in [0.25, 0.3) is 10.9 Å². The van der Waals surface area contributed by atoms with Crippen LogP contribution in [0.1, 0.15) is 29.9 Å². The van der Waals surface area contributed by atoms with E-state index in [0.29, 0.717) is 44.3 Å². The van der Waals surface area contributed by atoms with E-state index in [2.05, 4.69) is 21.2 Å². The molecule has 0 radical (unpaired) electrons. The molecule has 1 aromatic carbocycles. The number of para-hydroxylation sites is 1. The van der Waals surface area contributed by atoms with Gasteiger partial charge >= 0.3 is 0 Å². The molecular formula is C18H20N4O3. The average Bonchev–Trinajstić information content (AvgIpc) is 3.26. The number of hydrogen-bond acceptors (Lipinski definition) is 5. The first-order valence-electron chi connectivity index (χ1n) is 8.45. The first-order valence-corrected chi connectivity index (χ1v) is 8.45. The number of amides is 1. The van der Waals surface area contributed by atoms with Crippen LogP contribution >= 0.6 is 0 Å². The van der Waals surface area contributed by atoms with Crippen molar-refractivity contribution in [1.82, 2.24) is 20.1 Å². The minimum Gasteiger partial charge on any atom is -0.423 e. The second-order valence-electron chi connectivity index (χ2n) is 6.22. The number of H-pyrrole nitrogens is 1. The van der Waals surface area contributed by atoms with Crippen molar-refractivity contribution in [3.05, 3.63) is 47.8 Å². The summed E-state index contributed by atoms with van der Waals surface area (Å²) in [6.07, 6.45) is 2.83. The second kappa shape index (κ2) is 6.68. The number of rotatable bonds is 4. The largest absolute Gasteiger partial charge is 0.423 e. The Morgan fingerprint density at radius 1 is 1.36 bits per heavy atom. The molecule has 1 atom stereocenters. The molecule has 3 aromatic rings. The van der Waals surface area contributed by atoms with Gasteiger partial charge in [-0.2, -0.15) is 0 Å². The Hall–Kier alpha value is -2.67. The number of ether oxygens (including phenoxy) is 1. The summed E-state index contributed by atoms with van der Waals surface area (Å²) in [5.41, 5.74) is 2.27. The fraction of sp³-hybridized carbons (Fsp3) is 0.389. The van der Waals surface area contributed by atoms with E-state index in [4.69, 9.17) is 9.15 Å². The maximum absolute atomic E-state index is 12.6. The van der Waals surface area contributed by atoms with Crippen molar-refractivity contribution >= 4 is 16.8 Å². The molecule has 4 rings (SSSR count). The molecule has 7 heteroatoms. The van der Waals surface area contributed by atoms with Gasteiger partial charge in [0.05, 0.1) is 13.2 Å². The Bertz CT molecular complexity index is 885. The summed E-state index contributed by atoms with van der Waals surface area (Å²) in [6.45, 7) is 3.26. The molecule has 0 saturated carbocycles. The number of carbonyl (C=O) groups is 1. The lowest BCUT2D eigenvalue weighted by molar-refractivity contribution is -0.139. The quantitative estimate of drug-likeness (QED) is 0.788. The molecular weight excluding hydrogens is 320 g/mol. The fourth-order valence-electron chi connectivity index (χ4n) is 3.21. The molecule has 1 fully saturated rings. The SMILES string of the molecule is Cc1nnc(C2CN(C(=O)CCc3c[nH]c4ccccc34)CCO2)o1. The third-order valence-corrected chi connectivity index (χ3v) is 4.52. The molecule has 0 aliphatic carbocycles. The summed E-state index contributed by atoms with van der Waals surface area (Å²) in [5.74, 6) is 1.06. The smallest absolute Gasteiger partial charge is 0.246 e. The van der Waals surface area contributed by atoms with Crippen molar-refractivity contribution in [3.8, 4) is 0 Å². The van der Waals surface area contributed by atoms with Gasteiger partial charge < -0.3 is 19.0 Å². The first-order chi connectivity index (χ1) is 12.2. The number of hydrogen-bond donors (Lipinski definition) is 1. The van der Waals surface area contributed by atoms with Gasteiger partial charge in [-0.1, -0.05) is 18.2 Å². The third-order valence-electron chi connectivity index (χ3n) is 4.52. The summed E-state index contributed by atoms with van der Waals surface area (Å²) in [4.78, 5) is 17.7. The lowest BCUT2D eigenvalue weighted by Crippen LogP contribution is -2.42. The Morgan fingerprint density at radius 2 is 2.24 bits per heavy atom. The lowest BCUT2D eigenvalue weighted by atomic mass is 10.1. The van der Waals surface area contributed by atoms with Crippen LogP contribution in [0.4, 0.5) is 0 Å². The highest BCUT2D eigenvalue weighted by molar-refractivity contribution is 5.84. The van der Waals surface area contributed by atoms with E-state index in [1.165, 1.54) is 10.9 Å². The minimum absolute atomic E-state index is 0.120. The Morgan fingerprint density at radius 3 is 3.08 bits per heavy atom. The van der Waals surface area contributed by atoms with Crippen LogP contribution in [0.3, 0.4) is 0 Å². The molecule has 1 saturated heterocycles. The van der Waals surface area contributed by atoms with Crippen LogP contribution in [0.5, 0.6) is 0 Å². The molecule has 25 heavy (non-hydrogen) atoms. The molecule has 1 amide bonds. The molecule has 0 bridgehead atoms. The highest BCUT2D eigenvalue weighted by atomic mass is 16.5. The Labute approximate surface area is 145 Å². The normalized spacial score (nSPS) is 18.0. The predicted molar refractivity (Wildman–Crippen MR) is 90.9 cm³/mol. The van der Waals surface area contributed by atoms with E-state index in [1.54, 1.807) is 6.92 Å². The van der Waals surface area contributed by atoms with E-state index in [-0.39, 0.29) is 12.0 Å². The van der Waals surface area contributed by atoms with E-state index >= 15 is 0 Å². The minimum atomic E-state index is -0.341. The van der Waals surface area contributed by atoms with E-state index in [0.717, 1.165) is 5.52 Å². The maximum Gasteiger partial charge on any atom is 0.246 e. The summed E-state index contributed by atoms with van der Waals surface area (Å²) in [6, 6.07) is 8.13. The summed E-state index contributed by atoms with van der Waals surface area (Å²) < 4.78 is 11.1. The molecule has 1 N–H and O–H groups in total. The van der Waals surface area contributed by atoms with E-state index in [1.807, 2.05) is 29.3 Å². The van der Waals surface area contributed by atoms with Crippen LogP contribution < -0.4 is 0 Å². The fourth-order valence-corrected chi connectivity index (χ4v) is 3.21. The highest BCUT2D eigenvalue weighted by Crippen LogP contribution is 2.23. The zero-order chi connectivity index (χ0) is 17.2. The highest BCUT2D eigenvalue weighted by Gasteiger charge is 2.28. The zero-order valence-corrected chi connectivity index (χ0v) is 14.1. The van der Waals surface area contributed by atoms with Crippen LogP contribution in [0.15, 0.2) is 34.9 Å². The van der Waals surface area contributed by atoms with Crippen molar-refractivity contribution < 1.29 is 13.9 Å². The van der Waals surface area contributed by atoms with Gasteiger partial charge in [0, 0.05) is 37.0 Å². The van der Waals surface area contributed by atoms with E-state index in [9.17, 15) is 4.79 Å². The number of benzene rings is 1. The van der Waals surface area contributed by atoms with Gasteiger partial charge in [0.1, 0.15) is 0 Å². The topological polar surface area (TPSA) is 84.2 Å². The van der Waals surface area contributed by atoms with Crippen molar-refractivity contribution in [2.45, 2.75) is 25.9 Å². The number of carbonyl (C=O) groups excluding carboxylic acids is 1. The Kier molecular flexibility index (Phi) is 4.23. The van der Waals surface area contributed by atoms with Gasteiger partial charge in [-0.05, 0) is 18.1 Å². The number of fused-ring (bicyclic) bond motifs is 1. The molecule has 0 spiro atoms. The van der Waals surface area contributed by atoms with Gasteiger partial charge in [0.15, 0.2) is 6.10 Å². The number of aromatic nitrogens is 3. The van der Waals surface area contributed by atoms with Gasteiger partial charge in [-0.25, -0.2) is 0 Å². The van der Waals surface area contributed by atoms with Crippen LogP contribution in [-0.2, 0) is 16.0 Å². The van der Waals surface area contributed by atoms with Gasteiger partial charge in [-0.15, -0.1) is 10.2 Å². The van der Waals surface area contributed by atoms with Crippen molar-refractivity contribution in [2.75, 3.05) is 19.7 Å².